The monoisotopic (exact) mass is 327 g/mol. The van der Waals surface area contributed by atoms with Crippen LogP contribution < -0.4 is 21.7 Å². The van der Waals surface area contributed by atoms with Gasteiger partial charge in [-0.3, -0.25) is 4.98 Å². The van der Waals surface area contributed by atoms with Crippen LogP contribution in [0.5, 0.6) is 0 Å². The summed E-state index contributed by atoms with van der Waals surface area (Å²) in [5.74, 6) is 0. The molecule has 0 saturated heterocycles. The summed E-state index contributed by atoms with van der Waals surface area (Å²) in [4.78, 5) is 26.9. The van der Waals surface area contributed by atoms with Gasteiger partial charge in [0.2, 0.25) is 0 Å². The maximum Gasteiger partial charge on any atom is 0.316 e. The number of anilines is 1. The van der Waals surface area contributed by atoms with Crippen molar-refractivity contribution in [2.75, 3.05) is 11.9 Å². The van der Waals surface area contributed by atoms with E-state index in [-0.39, 0.29) is 12.1 Å². The second-order valence-electron chi connectivity index (χ2n) is 5.30. The third-order valence-electron chi connectivity index (χ3n) is 3.42. The van der Waals surface area contributed by atoms with Crippen molar-refractivity contribution >= 4 is 17.7 Å². The zero-order valence-electron chi connectivity index (χ0n) is 13.5. The van der Waals surface area contributed by atoms with Crippen LogP contribution in [0.3, 0.4) is 0 Å². The Labute approximate surface area is 140 Å². The van der Waals surface area contributed by atoms with Gasteiger partial charge in [-0.15, -0.1) is 0 Å². The number of hydrogen-bond donors (Lipinski definition) is 4. The molecular formula is C17H21N5O2. The van der Waals surface area contributed by atoms with E-state index in [0.717, 1.165) is 11.3 Å². The van der Waals surface area contributed by atoms with E-state index in [1.54, 1.807) is 18.3 Å². The van der Waals surface area contributed by atoms with Crippen molar-refractivity contribution in [3.8, 4) is 0 Å². The molecule has 0 saturated carbocycles. The van der Waals surface area contributed by atoms with Gasteiger partial charge < -0.3 is 21.7 Å². The van der Waals surface area contributed by atoms with Crippen LogP contribution >= 0.6 is 0 Å². The van der Waals surface area contributed by atoms with Crippen molar-refractivity contribution in [3.05, 3.63) is 59.9 Å². The molecule has 0 aliphatic rings. The van der Waals surface area contributed by atoms with Crippen LogP contribution in [0, 0.1) is 0 Å². The summed E-state index contributed by atoms with van der Waals surface area (Å²) < 4.78 is 0. The molecule has 0 aliphatic carbocycles. The van der Waals surface area contributed by atoms with Gasteiger partial charge in [0.25, 0.3) is 0 Å². The number of aromatic nitrogens is 1. The summed E-state index contributed by atoms with van der Waals surface area (Å²) in [5, 5.41) is 8.15. The molecule has 1 aromatic carbocycles. The first-order valence-electron chi connectivity index (χ1n) is 7.65. The molecule has 0 radical (unpaired) electrons. The zero-order chi connectivity index (χ0) is 17.4. The Balaban J connectivity index is 1.77. The molecule has 1 heterocycles. The van der Waals surface area contributed by atoms with Gasteiger partial charge in [0.1, 0.15) is 0 Å². The number of nitrogens with two attached hydrogens (primary N) is 1. The minimum Gasteiger partial charge on any atom is -0.351 e. The van der Waals surface area contributed by atoms with Crippen LogP contribution in [0.1, 0.15) is 24.2 Å². The Morgan fingerprint density at radius 1 is 1.17 bits per heavy atom. The zero-order valence-corrected chi connectivity index (χ0v) is 13.5. The van der Waals surface area contributed by atoms with Crippen molar-refractivity contribution in [2.24, 2.45) is 5.73 Å². The van der Waals surface area contributed by atoms with Gasteiger partial charge in [0.15, 0.2) is 0 Å². The molecule has 1 aromatic heterocycles. The Kier molecular flexibility index (Phi) is 6.13. The lowest BCUT2D eigenvalue weighted by molar-refractivity contribution is 0.238. The van der Waals surface area contributed by atoms with E-state index in [1.165, 1.54) is 0 Å². The van der Waals surface area contributed by atoms with Gasteiger partial charge in [-0.1, -0.05) is 18.2 Å². The van der Waals surface area contributed by atoms with Crippen molar-refractivity contribution in [1.82, 2.24) is 15.6 Å². The Morgan fingerprint density at radius 2 is 1.92 bits per heavy atom. The molecule has 0 spiro atoms. The van der Waals surface area contributed by atoms with E-state index in [2.05, 4.69) is 20.9 Å². The van der Waals surface area contributed by atoms with Gasteiger partial charge >= 0.3 is 12.1 Å². The van der Waals surface area contributed by atoms with Gasteiger partial charge in [0.05, 0.1) is 6.04 Å². The standard InChI is InChI=1S/C17H21N5O2/c1-12(13-5-7-15(8-6-13)22-16(18)23)21-17(24)20-11-9-14-4-2-3-10-19-14/h2-8,10,12H,9,11H2,1H3,(H3,18,22,23)(H2,20,21,24)/t12-/m0/s1. The second kappa shape index (κ2) is 8.52. The maximum atomic E-state index is 11.9. The molecule has 0 aliphatic heterocycles. The van der Waals surface area contributed by atoms with E-state index in [1.807, 2.05) is 37.3 Å². The van der Waals surface area contributed by atoms with E-state index < -0.39 is 6.03 Å². The normalized spacial score (nSPS) is 11.4. The van der Waals surface area contributed by atoms with Crippen molar-refractivity contribution < 1.29 is 9.59 Å². The quantitative estimate of drug-likeness (QED) is 0.653. The van der Waals surface area contributed by atoms with E-state index in [9.17, 15) is 9.59 Å². The van der Waals surface area contributed by atoms with Crippen LogP contribution in [0.2, 0.25) is 0 Å². The molecule has 4 amide bonds. The first kappa shape index (κ1) is 17.3. The average Bonchev–Trinajstić information content (AvgIpc) is 2.56. The number of urea groups is 2. The number of carbonyl (C=O) groups excluding carboxylic acids is 2. The number of pyridine rings is 1. The van der Waals surface area contributed by atoms with Gasteiger partial charge in [-0.25, -0.2) is 9.59 Å². The first-order valence-corrected chi connectivity index (χ1v) is 7.65. The second-order valence-corrected chi connectivity index (χ2v) is 5.30. The highest BCUT2D eigenvalue weighted by atomic mass is 16.2. The molecule has 126 valence electrons. The lowest BCUT2D eigenvalue weighted by Gasteiger charge is -2.15. The first-order chi connectivity index (χ1) is 11.5. The number of carbonyl (C=O) groups is 2. The van der Waals surface area contributed by atoms with Crippen LogP contribution in [0.4, 0.5) is 15.3 Å². The predicted octanol–water partition coefficient (Wildman–Crippen LogP) is 2.18. The minimum atomic E-state index is -0.610. The molecule has 0 unspecified atom stereocenters. The molecule has 7 heteroatoms. The number of nitrogens with one attached hydrogen (secondary N) is 3. The predicted molar refractivity (Wildman–Crippen MR) is 92.5 cm³/mol. The number of nitrogens with zero attached hydrogens (tertiary/aromatic N) is 1. The number of hydrogen-bond acceptors (Lipinski definition) is 3. The third kappa shape index (κ3) is 5.60. The van der Waals surface area contributed by atoms with E-state index >= 15 is 0 Å². The molecule has 24 heavy (non-hydrogen) atoms. The minimum absolute atomic E-state index is 0.164. The Bertz CT molecular complexity index is 673. The van der Waals surface area contributed by atoms with Crippen LogP contribution in [0.15, 0.2) is 48.7 Å². The summed E-state index contributed by atoms with van der Waals surface area (Å²) in [6.45, 7) is 2.39. The molecule has 0 bridgehead atoms. The topological polar surface area (TPSA) is 109 Å². The Hall–Kier alpha value is -3.09. The summed E-state index contributed by atoms with van der Waals surface area (Å²) >= 11 is 0. The molecule has 0 fully saturated rings. The molecule has 1 atom stereocenters. The van der Waals surface area contributed by atoms with Gasteiger partial charge in [0, 0.05) is 30.5 Å². The van der Waals surface area contributed by atoms with Crippen LogP contribution in [0.25, 0.3) is 0 Å². The number of primary amides is 1. The van der Waals surface area contributed by atoms with Crippen molar-refractivity contribution in [1.29, 1.82) is 0 Å². The molecule has 5 N–H and O–H groups in total. The molecule has 2 rings (SSSR count). The highest BCUT2D eigenvalue weighted by molar-refractivity contribution is 5.87. The smallest absolute Gasteiger partial charge is 0.316 e. The van der Waals surface area contributed by atoms with Crippen molar-refractivity contribution in [3.63, 3.8) is 0 Å². The third-order valence-corrected chi connectivity index (χ3v) is 3.42. The summed E-state index contributed by atoms with van der Waals surface area (Å²) in [6.07, 6.45) is 2.41. The SMILES string of the molecule is C[C@H](NC(=O)NCCc1ccccn1)c1ccc(NC(N)=O)cc1. The van der Waals surface area contributed by atoms with E-state index in [0.29, 0.717) is 18.7 Å². The molecule has 2 aromatic rings. The van der Waals surface area contributed by atoms with Crippen LogP contribution in [-0.4, -0.2) is 23.6 Å². The molecular weight excluding hydrogens is 306 g/mol. The molecule has 7 nitrogen and oxygen atoms in total. The fourth-order valence-corrected chi connectivity index (χ4v) is 2.18. The number of amides is 4. The fourth-order valence-electron chi connectivity index (χ4n) is 2.18. The maximum absolute atomic E-state index is 11.9. The highest BCUT2D eigenvalue weighted by Crippen LogP contribution is 2.15. The number of benzene rings is 1. The summed E-state index contributed by atoms with van der Waals surface area (Å²) in [7, 11) is 0. The number of rotatable bonds is 6. The summed E-state index contributed by atoms with van der Waals surface area (Å²) in [6, 6.07) is 11.8. The fraction of sp³-hybridized carbons (Fsp3) is 0.235. The lowest BCUT2D eigenvalue weighted by atomic mass is 10.1. The summed E-state index contributed by atoms with van der Waals surface area (Å²) in [5.41, 5.74) is 7.52. The van der Waals surface area contributed by atoms with Gasteiger partial charge in [-0.05, 0) is 36.8 Å². The lowest BCUT2D eigenvalue weighted by Crippen LogP contribution is -2.38. The van der Waals surface area contributed by atoms with Crippen molar-refractivity contribution in [2.45, 2.75) is 19.4 Å². The van der Waals surface area contributed by atoms with Crippen LogP contribution in [-0.2, 0) is 6.42 Å². The van der Waals surface area contributed by atoms with E-state index in [4.69, 9.17) is 5.73 Å². The highest BCUT2D eigenvalue weighted by Gasteiger charge is 2.09. The largest absolute Gasteiger partial charge is 0.351 e. The Morgan fingerprint density at radius 3 is 2.54 bits per heavy atom. The average molecular weight is 327 g/mol. The van der Waals surface area contributed by atoms with Gasteiger partial charge in [-0.2, -0.15) is 0 Å².